The first-order valence-electron chi connectivity index (χ1n) is 7.00. The average Bonchev–Trinajstić information content (AvgIpc) is 3.19. The summed E-state index contributed by atoms with van der Waals surface area (Å²) in [6, 6.07) is 5.70. The molecule has 0 fully saturated rings. The summed E-state index contributed by atoms with van der Waals surface area (Å²) in [5.74, 6) is 2.84. The van der Waals surface area contributed by atoms with Crippen LogP contribution in [0.15, 0.2) is 30.9 Å². The first-order valence-corrected chi connectivity index (χ1v) is 7.00. The molecule has 7 nitrogen and oxygen atoms in total. The highest BCUT2D eigenvalue weighted by Gasteiger charge is 2.10. The molecular weight excluding hydrogens is 266 g/mol. The van der Waals surface area contributed by atoms with Gasteiger partial charge in [0, 0.05) is 6.42 Å². The molecule has 0 saturated heterocycles. The Labute approximate surface area is 122 Å². The van der Waals surface area contributed by atoms with Gasteiger partial charge in [-0.2, -0.15) is 5.10 Å². The number of aromatic nitrogens is 7. The molecule has 3 heterocycles. The standard InChI is InChI=1S/C14H17N7/c1-3-10(2)7-12-18-14(20-19-12)11-5-4-6-13(17-11)21-8-15-16-9-21/h4-6,8-10H,3,7H2,1-2H3,(H,18,19,20). The maximum atomic E-state index is 4.54. The number of hydrogen-bond donors (Lipinski definition) is 1. The van der Waals surface area contributed by atoms with Crippen LogP contribution < -0.4 is 0 Å². The molecule has 0 saturated carbocycles. The fourth-order valence-electron chi connectivity index (χ4n) is 1.99. The minimum Gasteiger partial charge on any atom is -0.272 e. The summed E-state index contributed by atoms with van der Waals surface area (Å²) >= 11 is 0. The third-order valence-electron chi connectivity index (χ3n) is 3.42. The normalized spacial score (nSPS) is 12.5. The summed E-state index contributed by atoms with van der Waals surface area (Å²) in [6.07, 6.45) is 5.24. The van der Waals surface area contributed by atoms with Gasteiger partial charge < -0.3 is 0 Å². The van der Waals surface area contributed by atoms with Crippen LogP contribution in [0.25, 0.3) is 17.3 Å². The lowest BCUT2D eigenvalue weighted by molar-refractivity contribution is 0.544. The van der Waals surface area contributed by atoms with E-state index in [-0.39, 0.29) is 0 Å². The molecule has 0 radical (unpaired) electrons. The van der Waals surface area contributed by atoms with E-state index in [1.54, 1.807) is 17.2 Å². The summed E-state index contributed by atoms with van der Waals surface area (Å²) in [4.78, 5) is 9.06. The van der Waals surface area contributed by atoms with E-state index in [0.717, 1.165) is 30.2 Å². The summed E-state index contributed by atoms with van der Waals surface area (Å²) in [6.45, 7) is 4.37. The van der Waals surface area contributed by atoms with Gasteiger partial charge in [-0.1, -0.05) is 26.3 Å². The lowest BCUT2D eigenvalue weighted by Crippen LogP contribution is -1.99. The Balaban J connectivity index is 1.86. The smallest absolute Gasteiger partial charge is 0.199 e. The first kappa shape index (κ1) is 13.4. The minimum atomic E-state index is 0.585. The maximum absolute atomic E-state index is 4.54. The third-order valence-corrected chi connectivity index (χ3v) is 3.42. The van der Waals surface area contributed by atoms with E-state index in [2.05, 4.69) is 44.2 Å². The second kappa shape index (κ2) is 5.82. The molecule has 0 amide bonds. The number of hydrogen-bond acceptors (Lipinski definition) is 5. The Hall–Kier alpha value is -2.57. The number of rotatable bonds is 5. The lowest BCUT2D eigenvalue weighted by atomic mass is 10.1. The van der Waals surface area contributed by atoms with Gasteiger partial charge in [-0.25, -0.2) is 9.97 Å². The van der Waals surface area contributed by atoms with Gasteiger partial charge in [0.15, 0.2) is 5.82 Å². The molecule has 21 heavy (non-hydrogen) atoms. The van der Waals surface area contributed by atoms with Crippen molar-refractivity contribution in [2.24, 2.45) is 5.92 Å². The Morgan fingerprint density at radius 1 is 1.19 bits per heavy atom. The fourth-order valence-corrected chi connectivity index (χ4v) is 1.99. The molecule has 0 aliphatic heterocycles. The van der Waals surface area contributed by atoms with Crippen LogP contribution in [-0.2, 0) is 6.42 Å². The predicted molar refractivity (Wildman–Crippen MR) is 77.7 cm³/mol. The van der Waals surface area contributed by atoms with Gasteiger partial charge in [0.1, 0.15) is 30.0 Å². The molecule has 1 atom stereocenters. The summed E-state index contributed by atoms with van der Waals surface area (Å²) in [7, 11) is 0. The largest absolute Gasteiger partial charge is 0.272 e. The van der Waals surface area contributed by atoms with Crippen molar-refractivity contribution >= 4 is 0 Å². The number of pyridine rings is 1. The van der Waals surface area contributed by atoms with Gasteiger partial charge in [0.05, 0.1) is 0 Å². The van der Waals surface area contributed by atoms with E-state index in [9.17, 15) is 0 Å². The highest BCUT2D eigenvalue weighted by molar-refractivity contribution is 5.50. The summed E-state index contributed by atoms with van der Waals surface area (Å²) in [5.41, 5.74) is 0.729. The second-order valence-electron chi connectivity index (χ2n) is 5.07. The zero-order chi connectivity index (χ0) is 14.7. The molecule has 3 aromatic rings. The quantitative estimate of drug-likeness (QED) is 0.774. The van der Waals surface area contributed by atoms with Gasteiger partial charge in [0.2, 0.25) is 0 Å². The van der Waals surface area contributed by atoms with Gasteiger partial charge in [-0.3, -0.25) is 9.67 Å². The molecule has 1 N–H and O–H groups in total. The van der Waals surface area contributed by atoms with Crippen LogP contribution in [0.5, 0.6) is 0 Å². The zero-order valence-electron chi connectivity index (χ0n) is 12.1. The van der Waals surface area contributed by atoms with Crippen molar-refractivity contribution in [3.05, 3.63) is 36.7 Å². The average molecular weight is 283 g/mol. The first-order chi connectivity index (χ1) is 10.3. The molecule has 0 aliphatic rings. The summed E-state index contributed by atoms with van der Waals surface area (Å²) < 4.78 is 1.75. The molecule has 3 rings (SSSR count). The Morgan fingerprint density at radius 2 is 2.00 bits per heavy atom. The maximum Gasteiger partial charge on any atom is 0.199 e. The van der Waals surface area contributed by atoms with Crippen LogP contribution in [0.3, 0.4) is 0 Å². The number of nitrogens with one attached hydrogen (secondary N) is 1. The molecule has 7 heteroatoms. The van der Waals surface area contributed by atoms with E-state index in [0.29, 0.717) is 11.7 Å². The van der Waals surface area contributed by atoms with E-state index in [1.807, 2.05) is 18.2 Å². The number of aromatic amines is 1. The van der Waals surface area contributed by atoms with Crippen LogP contribution in [0.2, 0.25) is 0 Å². The topological polar surface area (TPSA) is 85.2 Å². The molecule has 0 bridgehead atoms. The van der Waals surface area contributed by atoms with E-state index in [1.165, 1.54) is 0 Å². The van der Waals surface area contributed by atoms with Crippen molar-refractivity contribution in [2.75, 3.05) is 0 Å². The van der Waals surface area contributed by atoms with E-state index < -0.39 is 0 Å². The molecule has 108 valence electrons. The van der Waals surface area contributed by atoms with Crippen LogP contribution in [0.1, 0.15) is 26.1 Å². The number of nitrogens with zero attached hydrogens (tertiary/aromatic N) is 6. The fraction of sp³-hybridized carbons (Fsp3) is 0.357. The van der Waals surface area contributed by atoms with Crippen LogP contribution in [-0.4, -0.2) is 34.9 Å². The monoisotopic (exact) mass is 283 g/mol. The molecule has 1 unspecified atom stereocenters. The lowest BCUT2D eigenvalue weighted by Gasteiger charge is -2.03. The second-order valence-corrected chi connectivity index (χ2v) is 5.07. The highest BCUT2D eigenvalue weighted by Crippen LogP contribution is 2.15. The van der Waals surface area contributed by atoms with E-state index >= 15 is 0 Å². The Morgan fingerprint density at radius 3 is 2.76 bits per heavy atom. The molecule has 3 aromatic heterocycles. The minimum absolute atomic E-state index is 0.585. The molecule has 0 spiro atoms. The number of H-pyrrole nitrogens is 1. The SMILES string of the molecule is CCC(C)Cc1nc(-c2cccc(-n3cnnc3)n2)n[nH]1. The summed E-state index contributed by atoms with van der Waals surface area (Å²) in [5, 5.41) is 14.8. The molecule has 0 aliphatic carbocycles. The van der Waals surface area contributed by atoms with Crippen LogP contribution >= 0.6 is 0 Å². The van der Waals surface area contributed by atoms with Gasteiger partial charge >= 0.3 is 0 Å². The van der Waals surface area contributed by atoms with Crippen LogP contribution in [0, 0.1) is 5.92 Å². The predicted octanol–water partition coefficient (Wildman–Crippen LogP) is 2.04. The van der Waals surface area contributed by atoms with Gasteiger partial charge in [0.25, 0.3) is 0 Å². The van der Waals surface area contributed by atoms with Crippen LogP contribution in [0.4, 0.5) is 0 Å². The van der Waals surface area contributed by atoms with Crippen molar-refractivity contribution < 1.29 is 0 Å². The van der Waals surface area contributed by atoms with Crippen molar-refractivity contribution in [3.8, 4) is 17.3 Å². The zero-order valence-corrected chi connectivity index (χ0v) is 12.1. The Bertz CT molecular complexity index is 702. The highest BCUT2D eigenvalue weighted by atomic mass is 15.3. The van der Waals surface area contributed by atoms with Crippen molar-refractivity contribution in [1.82, 2.24) is 34.9 Å². The third kappa shape index (κ3) is 2.96. The Kier molecular flexibility index (Phi) is 3.72. The van der Waals surface area contributed by atoms with Gasteiger partial charge in [-0.15, -0.1) is 10.2 Å². The molecule has 0 aromatic carbocycles. The molecular formula is C14H17N7. The van der Waals surface area contributed by atoms with Crippen molar-refractivity contribution in [3.63, 3.8) is 0 Å². The van der Waals surface area contributed by atoms with Crippen molar-refractivity contribution in [1.29, 1.82) is 0 Å². The van der Waals surface area contributed by atoms with Gasteiger partial charge in [-0.05, 0) is 18.1 Å². The van der Waals surface area contributed by atoms with Crippen molar-refractivity contribution in [2.45, 2.75) is 26.7 Å². The van der Waals surface area contributed by atoms with E-state index in [4.69, 9.17) is 0 Å².